The summed E-state index contributed by atoms with van der Waals surface area (Å²) >= 11 is 0. The first-order valence-electron chi connectivity index (χ1n) is 6.59. The van der Waals surface area contributed by atoms with Crippen molar-refractivity contribution in [2.75, 3.05) is 30.4 Å². The number of nitrogens with one attached hydrogen (secondary N) is 1. The minimum atomic E-state index is -0.158. The Labute approximate surface area is 108 Å². The second-order valence-corrected chi connectivity index (χ2v) is 5.08. The average molecular weight is 250 g/mol. The smallest absolute Gasteiger partial charge is 0.137 e. The fourth-order valence-corrected chi connectivity index (χ4v) is 2.45. The minimum Gasteiger partial charge on any atom is -0.393 e. The van der Waals surface area contributed by atoms with Gasteiger partial charge in [-0.1, -0.05) is 13.8 Å². The van der Waals surface area contributed by atoms with Crippen LogP contribution in [0.3, 0.4) is 0 Å². The van der Waals surface area contributed by atoms with Gasteiger partial charge in [-0.3, -0.25) is 0 Å². The van der Waals surface area contributed by atoms with E-state index in [2.05, 4.69) is 34.0 Å². The highest BCUT2D eigenvalue weighted by Gasteiger charge is 2.23. The van der Waals surface area contributed by atoms with Crippen LogP contribution < -0.4 is 10.2 Å². The molecule has 0 spiro atoms. The molecule has 0 aromatic carbocycles. The Balaban J connectivity index is 2.32. The van der Waals surface area contributed by atoms with E-state index in [-0.39, 0.29) is 6.10 Å². The van der Waals surface area contributed by atoms with Gasteiger partial charge in [0.25, 0.3) is 0 Å². The Morgan fingerprint density at radius 2 is 2.00 bits per heavy atom. The van der Waals surface area contributed by atoms with Crippen molar-refractivity contribution in [3.8, 4) is 0 Å². The SMILES string of the molecule is CNc1ncnc(N2CCC(O)CC2)c1C(C)C. The summed E-state index contributed by atoms with van der Waals surface area (Å²) in [5.74, 6) is 2.29. The third-order valence-corrected chi connectivity index (χ3v) is 3.44. The molecular weight excluding hydrogens is 228 g/mol. The molecule has 2 rings (SSSR count). The fourth-order valence-electron chi connectivity index (χ4n) is 2.45. The zero-order valence-corrected chi connectivity index (χ0v) is 11.3. The lowest BCUT2D eigenvalue weighted by atomic mass is 10.0. The third-order valence-electron chi connectivity index (χ3n) is 3.44. The fraction of sp³-hybridized carbons (Fsp3) is 0.692. The number of nitrogens with zero attached hydrogens (tertiary/aromatic N) is 3. The lowest BCUT2D eigenvalue weighted by molar-refractivity contribution is 0.145. The number of hydrogen-bond donors (Lipinski definition) is 2. The molecule has 0 atom stereocenters. The van der Waals surface area contributed by atoms with E-state index in [1.807, 2.05) is 7.05 Å². The van der Waals surface area contributed by atoms with Crippen LogP contribution in [0.4, 0.5) is 11.6 Å². The van der Waals surface area contributed by atoms with Crippen LogP contribution in [0.2, 0.25) is 0 Å². The first-order chi connectivity index (χ1) is 8.63. The summed E-state index contributed by atoms with van der Waals surface area (Å²) in [5.41, 5.74) is 1.16. The molecule has 1 fully saturated rings. The lowest BCUT2D eigenvalue weighted by Gasteiger charge is -2.32. The monoisotopic (exact) mass is 250 g/mol. The molecule has 1 saturated heterocycles. The van der Waals surface area contributed by atoms with Crippen LogP contribution in [-0.4, -0.2) is 41.3 Å². The highest BCUT2D eigenvalue weighted by molar-refractivity contribution is 5.60. The molecule has 1 aliphatic rings. The lowest BCUT2D eigenvalue weighted by Crippen LogP contribution is -2.37. The Morgan fingerprint density at radius 3 is 2.56 bits per heavy atom. The van der Waals surface area contributed by atoms with Gasteiger partial charge in [0.1, 0.15) is 18.0 Å². The number of piperidine rings is 1. The van der Waals surface area contributed by atoms with Crippen molar-refractivity contribution in [2.45, 2.75) is 38.7 Å². The van der Waals surface area contributed by atoms with Crippen LogP contribution in [0.1, 0.15) is 38.2 Å². The Hall–Kier alpha value is -1.36. The number of aromatic nitrogens is 2. The van der Waals surface area contributed by atoms with Crippen LogP contribution in [0, 0.1) is 0 Å². The predicted molar refractivity (Wildman–Crippen MR) is 73.1 cm³/mol. The summed E-state index contributed by atoms with van der Waals surface area (Å²) in [5, 5.41) is 12.7. The van der Waals surface area contributed by atoms with Crippen molar-refractivity contribution in [1.82, 2.24) is 9.97 Å². The highest BCUT2D eigenvalue weighted by Crippen LogP contribution is 2.31. The molecule has 0 amide bonds. The van der Waals surface area contributed by atoms with Gasteiger partial charge in [-0.05, 0) is 18.8 Å². The number of hydrogen-bond acceptors (Lipinski definition) is 5. The summed E-state index contributed by atoms with van der Waals surface area (Å²) in [4.78, 5) is 11.0. The van der Waals surface area contributed by atoms with Crippen LogP contribution in [0.5, 0.6) is 0 Å². The zero-order valence-electron chi connectivity index (χ0n) is 11.3. The van der Waals surface area contributed by atoms with Crippen LogP contribution in [0.15, 0.2) is 6.33 Å². The number of anilines is 2. The van der Waals surface area contributed by atoms with Crippen LogP contribution in [0.25, 0.3) is 0 Å². The van der Waals surface area contributed by atoms with Crippen molar-refractivity contribution in [2.24, 2.45) is 0 Å². The maximum atomic E-state index is 9.58. The summed E-state index contributed by atoms with van der Waals surface area (Å²) in [7, 11) is 1.89. The quantitative estimate of drug-likeness (QED) is 0.853. The molecule has 0 bridgehead atoms. The van der Waals surface area contributed by atoms with Crippen molar-refractivity contribution in [1.29, 1.82) is 0 Å². The van der Waals surface area contributed by atoms with E-state index in [0.717, 1.165) is 43.1 Å². The Bertz CT molecular complexity index is 400. The molecule has 0 aliphatic carbocycles. The number of aliphatic hydroxyl groups excluding tert-OH is 1. The molecular formula is C13H22N4O. The third kappa shape index (κ3) is 2.56. The molecule has 100 valence electrons. The van der Waals surface area contributed by atoms with Crippen molar-refractivity contribution in [3.63, 3.8) is 0 Å². The molecule has 1 aliphatic heterocycles. The van der Waals surface area contributed by atoms with Gasteiger partial charge in [0.15, 0.2) is 0 Å². The van der Waals surface area contributed by atoms with E-state index in [0.29, 0.717) is 5.92 Å². The molecule has 18 heavy (non-hydrogen) atoms. The second-order valence-electron chi connectivity index (χ2n) is 5.08. The maximum Gasteiger partial charge on any atom is 0.137 e. The molecule has 1 aromatic rings. The zero-order chi connectivity index (χ0) is 13.1. The summed E-state index contributed by atoms with van der Waals surface area (Å²) in [6.07, 6.45) is 3.08. The topological polar surface area (TPSA) is 61.3 Å². The van der Waals surface area contributed by atoms with Gasteiger partial charge in [0.05, 0.1) is 6.10 Å². The molecule has 0 unspecified atom stereocenters. The second kappa shape index (κ2) is 5.52. The summed E-state index contributed by atoms with van der Waals surface area (Å²) < 4.78 is 0. The predicted octanol–water partition coefficient (Wildman–Crippen LogP) is 1.60. The van der Waals surface area contributed by atoms with Crippen LogP contribution in [-0.2, 0) is 0 Å². The van der Waals surface area contributed by atoms with Gasteiger partial charge in [-0.25, -0.2) is 9.97 Å². The first kappa shape index (κ1) is 13.1. The number of aliphatic hydroxyl groups is 1. The molecule has 1 aromatic heterocycles. The van der Waals surface area contributed by atoms with Gasteiger partial charge < -0.3 is 15.3 Å². The maximum absolute atomic E-state index is 9.58. The molecule has 5 heteroatoms. The van der Waals surface area contributed by atoms with Gasteiger partial charge in [-0.15, -0.1) is 0 Å². The van der Waals surface area contributed by atoms with Gasteiger partial charge in [-0.2, -0.15) is 0 Å². The standard InChI is InChI=1S/C13H22N4O/c1-9(2)11-12(14-3)15-8-16-13(11)17-6-4-10(18)5-7-17/h8-10,18H,4-7H2,1-3H3,(H,14,15,16). The van der Waals surface area contributed by atoms with Crippen molar-refractivity contribution < 1.29 is 5.11 Å². The summed E-state index contributed by atoms with van der Waals surface area (Å²) in [6.45, 7) is 6.03. The van der Waals surface area contributed by atoms with Crippen molar-refractivity contribution in [3.05, 3.63) is 11.9 Å². The van der Waals surface area contributed by atoms with E-state index in [9.17, 15) is 5.11 Å². The molecule has 2 N–H and O–H groups in total. The average Bonchev–Trinajstić information content (AvgIpc) is 2.38. The van der Waals surface area contributed by atoms with E-state index in [1.165, 1.54) is 0 Å². The molecule has 0 radical (unpaired) electrons. The van der Waals surface area contributed by atoms with E-state index in [1.54, 1.807) is 6.33 Å². The van der Waals surface area contributed by atoms with Gasteiger partial charge in [0.2, 0.25) is 0 Å². The molecule has 0 saturated carbocycles. The van der Waals surface area contributed by atoms with Crippen molar-refractivity contribution >= 4 is 11.6 Å². The summed E-state index contributed by atoms with van der Waals surface area (Å²) in [6, 6.07) is 0. The van der Waals surface area contributed by atoms with Gasteiger partial charge >= 0.3 is 0 Å². The normalized spacial score (nSPS) is 17.3. The number of rotatable bonds is 3. The Kier molecular flexibility index (Phi) is 4.01. The molecule has 5 nitrogen and oxygen atoms in total. The van der Waals surface area contributed by atoms with Crippen LogP contribution >= 0.6 is 0 Å². The first-order valence-corrected chi connectivity index (χ1v) is 6.59. The van der Waals surface area contributed by atoms with E-state index < -0.39 is 0 Å². The Morgan fingerprint density at radius 1 is 1.33 bits per heavy atom. The van der Waals surface area contributed by atoms with E-state index >= 15 is 0 Å². The molecule has 2 heterocycles. The minimum absolute atomic E-state index is 0.158. The van der Waals surface area contributed by atoms with E-state index in [4.69, 9.17) is 0 Å². The van der Waals surface area contributed by atoms with Gasteiger partial charge in [0, 0.05) is 25.7 Å². The largest absolute Gasteiger partial charge is 0.393 e. The highest BCUT2D eigenvalue weighted by atomic mass is 16.3.